The molecule has 1 aliphatic rings. The summed E-state index contributed by atoms with van der Waals surface area (Å²) in [4.78, 5) is 0. The number of benzene rings is 1. The molecule has 1 fully saturated rings. The Hall–Kier alpha value is -0.940. The van der Waals surface area contributed by atoms with E-state index in [2.05, 4.69) is 4.72 Å². The van der Waals surface area contributed by atoms with E-state index < -0.39 is 15.3 Å². The van der Waals surface area contributed by atoms with Crippen molar-refractivity contribution in [3.63, 3.8) is 0 Å². The lowest BCUT2D eigenvalue weighted by Gasteiger charge is -2.22. The minimum atomic E-state index is -3.28. The fourth-order valence-electron chi connectivity index (χ4n) is 2.58. The Morgan fingerprint density at radius 1 is 1.32 bits per heavy atom. The van der Waals surface area contributed by atoms with Crippen molar-refractivity contribution in [2.75, 3.05) is 0 Å². The van der Waals surface area contributed by atoms with E-state index in [4.69, 9.17) is 0 Å². The summed E-state index contributed by atoms with van der Waals surface area (Å²) < 4.78 is 39.9. The topological polar surface area (TPSA) is 46.2 Å². The molecular weight excluding hydrogens is 265 g/mol. The highest BCUT2D eigenvalue weighted by molar-refractivity contribution is 7.90. The molecule has 0 spiro atoms. The van der Waals surface area contributed by atoms with Gasteiger partial charge in [0.05, 0.1) is 5.25 Å². The van der Waals surface area contributed by atoms with Crippen LogP contribution in [0.25, 0.3) is 0 Å². The van der Waals surface area contributed by atoms with E-state index in [-0.39, 0.29) is 17.8 Å². The van der Waals surface area contributed by atoms with Gasteiger partial charge in [-0.1, -0.05) is 18.6 Å². The van der Waals surface area contributed by atoms with Gasteiger partial charge in [0.25, 0.3) is 0 Å². The molecule has 1 N–H and O–H groups in total. The summed E-state index contributed by atoms with van der Waals surface area (Å²) in [7, 11) is -3.28. The molecular formula is C14H20FNO2S. The van der Waals surface area contributed by atoms with Gasteiger partial charge >= 0.3 is 0 Å². The highest BCUT2D eigenvalue weighted by Crippen LogP contribution is 2.35. The van der Waals surface area contributed by atoms with Crippen molar-refractivity contribution in [1.82, 2.24) is 4.72 Å². The van der Waals surface area contributed by atoms with E-state index in [1.165, 1.54) is 12.1 Å². The second kappa shape index (κ2) is 5.59. The van der Waals surface area contributed by atoms with Crippen molar-refractivity contribution in [3.05, 3.63) is 35.6 Å². The third kappa shape index (κ3) is 3.34. The molecule has 19 heavy (non-hydrogen) atoms. The van der Waals surface area contributed by atoms with Crippen LogP contribution in [-0.4, -0.2) is 19.7 Å². The van der Waals surface area contributed by atoms with Crippen LogP contribution in [0.1, 0.15) is 44.6 Å². The predicted molar refractivity (Wildman–Crippen MR) is 74.0 cm³/mol. The fraction of sp³-hybridized carbons (Fsp3) is 0.571. The van der Waals surface area contributed by atoms with E-state index in [0.29, 0.717) is 0 Å². The van der Waals surface area contributed by atoms with E-state index in [1.807, 2.05) is 6.07 Å². The standard InChI is InChI=1S/C14H20FNO2S/c1-10(2)19(17,18)16-14-8-4-7-13(14)11-5-3-6-12(15)9-11/h3,5-6,9-10,13-14,16H,4,7-8H2,1-2H3/t13-,14-/m1/s1. The third-order valence-electron chi connectivity index (χ3n) is 3.73. The Bertz CT molecular complexity index is 542. The van der Waals surface area contributed by atoms with Crippen LogP contribution in [0.5, 0.6) is 0 Å². The van der Waals surface area contributed by atoms with Gasteiger partial charge in [-0.3, -0.25) is 0 Å². The maximum atomic E-state index is 13.3. The summed E-state index contributed by atoms with van der Waals surface area (Å²) in [6.45, 7) is 3.32. The van der Waals surface area contributed by atoms with Crippen LogP contribution in [0.2, 0.25) is 0 Å². The first-order chi connectivity index (χ1) is 8.90. The van der Waals surface area contributed by atoms with E-state index in [9.17, 15) is 12.8 Å². The van der Waals surface area contributed by atoms with E-state index >= 15 is 0 Å². The second-order valence-electron chi connectivity index (χ2n) is 5.41. The SMILES string of the molecule is CC(C)S(=O)(=O)N[C@@H]1CCC[C@@H]1c1cccc(F)c1. The van der Waals surface area contributed by atoms with Gasteiger partial charge in [-0.15, -0.1) is 0 Å². The summed E-state index contributed by atoms with van der Waals surface area (Å²) in [6, 6.07) is 6.35. The van der Waals surface area contributed by atoms with Crippen LogP contribution in [0.4, 0.5) is 4.39 Å². The zero-order valence-corrected chi connectivity index (χ0v) is 12.1. The molecule has 3 nitrogen and oxygen atoms in total. The van der Waals surface area contributed by atoms with Crippen molar-refractivity contribution in [2.24, 2.45) is 0 Å². The number of nitrogens with one attached hydrogen (secondary N) is 1. The molecule has 1 aliphatic carbocycles. The molecule has 0 aliphatic heterocycles. The minimum Gasteiger partial charge on any atom is -0.212 e. The fourth-order valence-corrected chi connectivity index (χ4v) is 3.56. The van der Waals surface area contributed by atoms with Crippen molar-refractivity contribution >= 4 is 10.0 Å². The zero-order chi connectivity index (χ0) is 14.0. The first kappa shape index (κ1) is 14.5. The van der Waals surface area contributed by atoms with Crippen LogP contribution in [0, 0.1) is 5.82 Å². The molecule has 5 heteroatoms. The number of sulfonamides is 1. The number of rotatable bonds is 4. The lowest BCUT2D eigenvalue weighted by atomic mass is 9.95. The summed E-state index contributed by atoms with van der Waals surface area (Å²) in [6.07, 6.45) is 2.67. The summed E-state index contributed by atoms with van der Waals surface area (Å²) in [5.41, 5.74) is 0.883. The van der Waals surface area contributed by atoms with Gasteiger partial charge in [0.15, 0.2) is 0 Å². The van der Waals surface area contributed by atoms with Crippen LogP contribution in [0.3, 0.4) is 0 Å². The molecule has 1 aromatic rings. The van der Waals surface area contributed by atoms with Crippen LogP contribution in [0.15, 0.2) is 24.3 Å². The second-order valence-corrected chi connectivity index (χ2v) is 7.68. The lowest BCUT2D eigenvalue weighted by molar-refractivity contribution is 0.517. The molecule has 0 radical (unpaired) electrons. The monoisotopic (exact) mass is 285 g/mol. The first-order valence-corrected chi connectivity index (χ1v) is 8.21. The third-order valence-corrected chi connectivity index (χ3v) is 5.60. The number of halogens is 1. The minimum absolute atomic E-state index is 0.0734. The van der Waals surface area contributed by atoms with Crippen LogP contribution < -0.4 is 4.72 Å². The Labute approximate surface area is 114 Å². The molecule has 2 atom stereocenters. The largest absolute Gasteiger partial charge is 0.214 e. The number of hydrogen-bond donors (Lipinski definition) is 1. The molecule has 0 aromatic heterocycles. The summed E-state index contributed by atoms with van der Waals surface area (Å²) in [5, 5.41) is -0.443. The molecule has 1 aromatic carbocycles. The molecule has 0 bridgehead atoms. The highest BCUT2D eigenvalue weighted by Gasteiger charge is 2.32. The molecule has 106 valence electrons. The van der Waals surface area contributed by atoms with Gasteiger partial charge in [0.2, 0.25) is 10.0 Å². The van der Waals surface area contributed by atoms with Crippen molar-refractivity contribution < 1.29 is 12.8 Å². The Balaban J connectivity index is 2.18. The molecule has 0 heterocycles. The average Bonchev–Trinajstić information content (AvgIpc) is 2.76. The highest BCUT2D eigenvalue weighted by atomic mass is 32.2. The van der Waals surface area contributed by atoms with Crippen molar-refractivity contribution in [3.8, 4) is 0 Å². The molecule has 0 saturated heterocycles. The number of hydrogen-bond acceptors (Lipinski definition) is 2. The van der Waals surface area contributed by atoms with Crippen molar-refractivity contribution in [1.29, 1.82) is 0 Å². The first-order valence-electron chi connectivity index (χ1n) is 6.67. The van der Waals surface area contributed by atoms with Gasteiger partial charge in [0, 0.05) is 12.0 Å². The molecule has 2 rings (SSSR count). The lowest BCUT2D eigenvalue weighted by Crippen LogP contribution is -2.40. The molecule has 0 amide bonds. The Morgan fingerprint density at radius 2 is 2.05 bits per heavy atom. The maximum Gasteiger partial charge on any atom is 0.214 e. The van der Waals surface area contributed by atoms with E-state index in [1.54, 1.807) is 19.9 Å². The van der Waals surface area contributed by atoms with Crippen LogP contribution >= 0.6 is 0 Å². The quantitative estimate of drug-likeness (QED) is 0.924. The van der Waals surface area contributed by atoms with Gasteiger partial charge < -0.3 is 0 Å². The maximum absolute atomic E-state index is 13.3. The summed E-state index contributed by atoms with van der Waals surface area (Å²) >= 11 is 0. The van der Waals surface area contributed by atoms with Gasteiger partial charge in [-0.25, -0.2) is 17.5 Å². The molecule has 0 unspecified atom stereocenters. The zero-order valence-electron chi connectivity index (χ0n) is 11.3. The van der Waals surface area contributed by atoms with Gasteiger partial charge in [0.1, 0.15) is 5.82 Å². The van der Waals surface area contributed by atoms with Crippen molar-refractivity contribution in [2.45, 2.75) is 50.3 Å². The molecule has 1 saturated carbocycles. The Kier molecular flexibility index (Phi) is 4.26. The van der Waals surface area contributed by atoms with Gasteiger partial charge in [-0.05, 0) is 44.4 Å². The predicted octanol–water partition coefficient (Wildman–Crippen LogP) is 2.79. The van der Waals surface area contributed by atoms with Gasteiger partial charge in [-0.2, -0.15) is 0 Å². The summed E-state index contributed by atoms with van der Waals surface area (Å²) in [5.74, 6) is -0.195. The van der Waals surface area contributed by atoms with Crippen LogP contribution in [-0.2, 0) is 10.0 Å². The average molecular weight is 285 g/mol. The van der Waals surface area contributed by atoms with E-state index in [0.717, 1.165) is 24.8 Å². The normalized spacial score (nSPS) is 24.0. The smallest absolute Gasteiger partial charge is 0.212 e. The Morgan fingerprint density at radius 3 is 2.68 bits per heavy atom.